The van der Waals surface area contributed by atoms with Gasteiger partial charge in [-0.1, -0.05) is 6.08 Å². The number of rotatable bonds is 3. The van der Waals surface area contributed by atoms with Gasteiger partial charge in [-0.05, 0) is 34.1 Å². The van der Waals surface area contributed by atoms with E-state index in [1.807, 2.05) is 27.7 Å². The molecule has 0 aromatic heterocycles. The zero-order valence-corrected chi connectivity index (χ0v) is 12.3. The first-order valence-electron chi connectivity index (χ1n) is 6.63. The molecular weight excluding hydrogens is 244 g/mol. The summed E-state index contributed by atoms with van der Waals surface area (Å²) in [4.78, 5) is 27.2. The van der Waals surface area contributed by atoms with Gasteiger partial charge in [0.1, 0.15) is 12.1 Å². The highest BCUT2D eigenvalue weighted by Crippen LogP contribution is 2.16. The fraction of sp³-hybridized carbons (Fsp3) is 0.714. The van der Waals surface area contributed by atoms with Gasteiger partial charge in [0.2, 0.25) is 5.91 Å². The molecule has 0 spiro atoms. The van der Waals surface area contributed by atoms with Gasteiger partial charge in [-0.3, -0.25) is 9.69 Å². The normalized spacial score (nSPS) is 20.4. The van der Waals surface area contributed by atoms with Gasteiger partial charge < -0.3 is 9.64 Å². The van der Waals surface area contributed by atoms with Gasteiger partial charge in [-0.15, -0.1) is 6.58 Å². The van der Waals surface area contributed by atoms with Crippen LogP contribution in [0.2, 0.25) is 0 Å². The molecule has 1 rings (SSSR count). The van der Waals surface area contributed by atoms with E-state index >= 15 is 0 Å². The zero-order valence-electron chi connectivity index (χ0n) is 12.3. The monoisotopic (exact) mass is 268 g/mol. The minimum Gasteiger partial charge on any atom is -0.444 e. The van der Waals surface area contributed by atoms with Gasteiger partial charge in [-0.2, -0.15) is 0 Å². The molecule has 108 valence electrons. The molecule has 0 aliphatic carbocycles. The number of carbonyl (C=O) groups is 2. The number of piperazine rings is 1. The quantitative estimate of drug-likeness (QED) is 0.736. The van der Waals surface area contributed by atoms with Gasteiger partial charge in [0, 0.05) is 13.1 Å². The van der Waals surface area contributed by atoms with Crippen molar-refractivity contribution in [2.75, 3.05) is 19.6 Å². The summed E-state index contributed by atoms with van der Waals surface area (Å²) < 4.78 is 5.31. The zero-order chi connectivity index (χ0) is 14.6. The fourth-order valence-electron chi connectivity index (χ4n) is 1.95. The third kappa shape index (κ3) is 4.58. The first kappa shape index (κ1) is 15.5. The number of carbonyl (C=O) groups excluding carboxylic acids is 2. The van der Waals surface area contributed by atoms with Crippen LogP contribution in [0.25, 0.3) is 0 Å². The van der Waals surface area contributed by atoms with Crippen LogP contribution in [0.5, 0.6) is 0 Å². The van der Waals surface area contributed by atoms with Crippen LogP contribution in [0.4, 0.5) is 4.79 Å². The molecule has 0 N–H and O–H groups in total. The van der Waals surface area contributed by atoms with E-state index in [0.29, 0.717) is 13.1 Å². The molecule has 0 aromatic carbocycles. The third-order valence-corrected chi connectivity index (χ3v) is 2.91. The lowest BCUT2D eigenvalue weighted by Gasteiger charge is -2.39. The smallest absolute Gasteiger partial charge is 0.411 e. The average molecular weight is 268 g/mol. The van der Waals surface area contributed by atoms with Crippen LogP contribution in [0.1, 0.15) is 34.1 Å². The summed E-state index contributed by atoms with van der Waals surface area (Å²) >= 11 is 0. The van der Waals surface area contributed by atoms with Crippen molar-refractivity contribution in [3.63, 3.8) is 0 Å². The molecule has 1 unspecified atom stereocenters. The Bertz CT molecular complexity index is 360. The van der Waals surface area contributed by atoms with Crippen molar-refractivity contribution < 1.29 is 14.3 Å². The lowest BCUT2D eigenvalue weighted by atomic mass is 10.1. The van der Waals surface area contributed by atoms with Crippen molar-refractivity contribution in [3.8, 4) is 0 Å². The molecule has 1 aliphatic heterocycles. The Morgan fingerprint density at radius 3 is 2.68 bits per heavy atom. The molecule has 0 bridgehead atoms. The van der Waals surface area contributed by atoms with Gasteiger partial charge in [0.15, 0.2) is 0 Å². The maximum Gasteiger partial charge on any atom is 0.411 e. The average Bonchev–Trinajstić information content (AvgIpc) is 2.27. The number of ether oxygens (including phenoxy) is 1. The van der Waals surface area contributed by atoms with Crippen molar-refractivity contribution in [2.45, 2.75) is 45.8 Å². The van der Waals surface area contributed by atoms with Crippen LogP contribution < -0.4 is 0 Å². The topological polar surface area (TPSA) is 49.9 Å². The molecule has 0 aromatic rings. The van der Waals surface area contributed by atoms with E-state index in [1.54, 1.807) is 11.0 Å². The van der Waals surface area contributed by atoms with Crippen molar-refractivity contribution >= 4 is 12.0 Å². The van der Waals surface area contributed by atoms with Crippen LogP contribution in [0.3, 0.4) is 0 Å². The second-order valence-electron chi connectivity index (χ2n) is 5.87. The summed E-state index contributed by atoms with van der Waals surface area (Å²) in [6.07, 6.45) is 2.14. The molecule has 0 saturated carbocycles. The fourth-order valence-corrected chi connectivity index (χ4v) is 1.95. The Morgan fingerprint density at radius 2 is 2.16 bits per heavy atom. The highest BCUT2D eigenvalue weighted by Gasteiger charge is 2.34. The van der Waals surface area contributed by atoms with Crippen LogP contribution in [0, 0.1) is 0 Å². The van der Waals surface area contributed by atoms with Gasteiger partial charge in [0.05, 0.1) is 6.04 Å². The molecule has 5 nitrogen and oxygen atoms in total. The first-order chi connectivity index (χ1) is 8.74. The summed E-state index contributed by atoms with van der Waals surface area (Å²) in [5, 5.41) is 0. The first-order valence-corrected chi connectivity index (χ1v) is 6.63. The molecule has 0 radical (unpaired) electrons. The standard InChI is InChI=1S/C14H24N2O3/c1-6-7-8-15-9-11(2)16(10-12(15)17)13(18)19-14(3,4)5/h6,11H,1,7-10H2,2-5H3. The van der Waals surface area contributed by atoms with E-state index in [2.05, 4.69) is 6.58 Å². The van der Waals surface area contributed by atoms with Crippen molar-refractivity contribution in [2.24, 2.45) is 0 Å². The minimum atomic E-state index is -0.542. The molecule has 1 aliphatic rings. The molecule has 1 saturated heterocycles. The minimum absolute atomic E-state index is 0.0302. The van der Waals surface area contributed by atoms with Crippen LogP contribution in [0.15, 0.2) is 12.7 Å². The molecule has 19 heavy (non-hydrogen) atoms. The second-order valence-corrected chi connectivity index (χ2v) is 5.87. The summed E-state index contributed by atoms with van der Waals surface area (Å²) in [5.41, 5.74) is -0.542. The largest absolute Gasteiger partial charge is 0.444 e. The van der Waals surface area contributed by atoms with E-state index < -0.39 is 11.7 Å². The van der Waals surface area contributed by atoms with Crippen LogP contribution in [-0.2, 0) is 9.53 Å². The molecule has 1 fully saturated rings. The Labute approximate surface area is 115 Å². The number of amides is 2. The highest BCUT2D eigenvalue weighted by atomic mass is 16.6. The Hall–Kier alpha value is -1.52. The van der Waals surface area contributed by atoms with Gasteiger partial charge in [0.25, 0.3) is 0 Å². The summed E-state index contributed by atoms with van der Waals surface area (Å²) in [6, 6.07) is -0.0302. The lowest BCUT2D eigenvalue weighted by Crippen LogP contribution is -2.57. The second kappa shape index (κ2) is 6.08. The van der Waals surface area contributed by atoms with Gasteiger partial charge >= 0.3 is 6.09 Å². The predicted octanol–water partition coefficient (Wildman–Crippen LogP) is 2.03. The van der Waals surface area contributed by atoms with E-state index in [1.165, 1.54) is 4.90 Å². The summed E-state index contributed by atoms with van der Waals surface area (Å²) in [5.74, 6) is -0.0363. The van der Waals surface area contributed by atoms with E-state index in [9.17, 15) is 9.59 Å². The molecule has 1 heterocycles. The number of hydrogen-bond donors (Lipinski definition) is 0. The van der Waals surface area contributed by atoms with Crippen molar-refractivity contribution in [1.29, 1.82) is 0 Å². The van der Waals surface area contributed by atoms with Crippen LogP contribution >= 0.6 is 0 Å². The predicted molar refractivity (Wildman–Crippen MR) is 73.8 cm³/mol. The molecular formula is C14H24N2O3. The maximum atomic E-state index is 12.0. The summed E-state index contributed by atoms with van der Waals surface area (Å²) in [7, 11) is 0. The highest BCUT2D eigenvalue weighted by molar-refractivity contribution is 5.84. The Kier molecular flexibility index (Phi) is 4.97. The maximum absolute atomic E-state index is 12.0. The Balaban J connectivity index is 2.62. The molecule has 5 heteroatoms. The molecule has 2 amide bonds. The van der Waals surface area contributed by atoms with Crippen molar-refractivity contribution in [3.05, 3.63) is 12.7 Å². The molecule has 1 atom stereocenters. The summed E-state index contributed by atoms with van der Waals surface area (Å²) in [6.45, 7) is 12.3. The Morgan fingerprint density at radius 1 is 1.53 bits per heavy atom. The SMILES string of the molecule is C=CCCN1CC(C)N(C(=O)OC(C)(C)C)CC1=O. The van der Waals surface area contributed by atoms with E-state index in [4.69, 9.17) is 4.74 Å². The van der Waals surface area contributed by atoms with Crippen molar-refractivity contribution in [1.82, 2.24) is 9.80 Å². The van der Waals surface area contributed by atoms with Gasteiger partial charge in [-0.25, -0.2) is 4.79 Å². The lowest BCUT2D eigenvalue weighted by molar-refractivity contribution is -0.137. The van der Waals surface area contributed by atoms with E-state index in [0.717, 1.165) is 6.42 Å². The number of nitrogens with zero attached hydrogens (tertiary/aromatic N) is 2. The van der Waals surface area contributed by atoms with Crippen LogP contribution in [-0.4, -0.2) is 53.1 Å². The third-order valence-electron chi connectivity index (χ3n) is 2.91. The van der Waals surface area contributed by atoms with E-state index in [-0.39, 0.29) is 18.5 Å². The number of hydrogen-bond acceptors (Lipinski definition) is 3.